The maximum atomic E-state index is 12.4. The first-order valence-electron chi connectivity index (χ1n) is 7.47. The summed E-state index contributed by atoms with van der Waals surface area (Å²) in [6.45, 7) is 1.85. The van der Waals surface area contributed by atoms with Crippen LogP contribution in [0.2, 0.25) is 0 Å². The third kappa shape index (κ3) is 1.89. The Kier molecular flexibility index (Phi) is 2.89. The van der Waals surface area contributed by atoms with Gasteiger partial charge in [-0.25, -0.2) is 0 Å². The third-order valence-electron chi connectivity index (χ3n) is 4.74. The van der Waals surface area contributed by atoms with E-state index >= 15 is 0 Å². The van der Waals surface area contributed by atoms with Gasteiger partial charge in [0.15, 0.2) is 0 Å². The number of imide groups is 1. The first-order valence-corrected chi connectivity index (χ1v) is 7.47. The molecule has 4 atom stereocenters. The van der Waals surface area contributed by atoms with Gasteiger partial charge < -0.3 is 4.42 Å². The molecule has 4 rings (SSSR count). The van der Waals surface area contributed by atoms with Gasteiger partial charge in [-0.2, -0.15) is 10.1 Å². The molecule has 0 spiro atoms. The van der Waals surface area contributed by atoms with Crippen LogP contribution in [-0.4, -0.2) is 23.0 Å². The molecule has 1 aromatic heterocycles. The molecule has 1 aliphatic heterocycles. The van der Waals surface area contributed by atoms with Gasteiger partial charge in [-0.1, -0.05) is 12.2 Å². The van der Waals surface area contributed by atoms with Crippen molar-refractivity contribution in [2.24, 2.45) is 28.8 Å². The lowest BCUT2D eigenvalue weighted by molar-refractivity contribution is -0.140. The number of fused-ring (bicyclic) bond motifs is 5. The van der Waals surface area contributed by atoms with Crippen LogP contribution in [0.3, 0.4) is 0 Å². The number of hydrogen-bond acceptors (Lipinski definition) is 4. The Morgan fingerprint density at radius 3 is 2.55 bits per heavy atom. The summed E-state index contributed by atoms with van der Waals surface area (Å²) in [6.07, 6.45) is 10.0. The predicted octanol–water partition coefficient (Wildman–Crippen LogP) is 2.48. The van der Waals surface area contributed by atoms with E-state index in [0.29, 0.717) is 5.76 Å². The first kappa shape index (κ1) is 13.2. The molecule has 2 bridgehead atoms. The highest BCUT2D eigenvalue weighted by atomic mass is 16.3. The van der Waals surface area contributed by atoms with E-state index in [-0.39, 0.29) is 35.5 Å². The van der Waals surface area contributed by atoms with E-state index < -0.39 is 0 Å². The van der Waals surface area contributed by atoms with E-state index in [9.17, 15) is 9.59 Å². The molecule has 0 aromatic carbocycles. The lowest BCUT2D eigenvalue weighted by Crippen LogP contribution is -2.28. The second kappa shape index (κ2) is 4.80. The SMILES string of the molecule is CC(C=NN1C(=O)C2C3C=CC(C3)C2C1=O)=Cc1ccco1. The lowest BCUT2D eigenvalue weighted by atomic mass is 9.85. The van der Waals surface area contributed by atoms with Gasteiger partial charge in [-0.15, -0.1) is 0 Å². The number of hydrogen-bond donors (Lipinski definition) is 0. The second-order valence-electron chi connectivity index (χ2n) is 6.14. The summed E-state index contributed by atoms with van der Waals surface area (Å²) in [5.74, 6) is 0.422. The van der Waals surface area contributed by atoms with E-state index in [1.807, 2.05) is 13.0 Å². The molecule has 0 radical (unpaired) electrons. The molecule has 4 unspecified atom stereocenters. The van der Waals surface area contributed by atoms with Gasteiger partial charge in [-0.3, -0.25) is 9.59 Å². The predicted molar refractivity (Wildman–Crippen MR) is 80.4 cm³/mol. The van der Waals surface area contributed by atoms with E-state index in [0.717, 1.165) is 17.0 Å². The second-order valence-corrected chi connectivity index (χ2v) is 6.14. The van der Waals surface area contributed by atoms with Crippen LogP contribution in [0.25, 0.3) is 6.08 Å². The Hall–Kier alpha value is -2.43. The zero-order valence-corrected chi connectivity index (χ0v) is 12.2. The van der Waals surface area contributed by atoms with Crippen LogP contribution in [-0.2, 0) is 9.59 Å². The molecule has 3 aliphatic rings. The average Bonchev–Trinajstić information content (AvgIpc) is 3.24. The molecule has 1 saturated carbocycles. The van der Waals surface area contributed by atoms with Crippen molar-refractivity contribution in [1.82, 2.24) is 5.01 Å². The Balaban J connectivity index is 1.53. The topological polar surface area (TPSA) is 62.9 Å². The number of allylic oxidation sites excluding steroid dienone is 3. The minimum Gasteiger partial charge on any atom is -0.465 e. The van der Waals surface area contributed by atoms with Crippen molar-refractivity contribution < 1.29 is 14.0 Å². The largest absolute Gasteiger partial charge is 0.465 e. The smallest absolute Gasteiger partial charge is 0.254 e. The van der Waals surface area contributed by atoms with Crippen LogP contribution in [0.4, 0.5) is 0 Å². The van der Waals surface area contributed by atoms with E-state index in [2.05, 4.69) is 17.3 Å². The summed E-state index contributed by atoms with van der Waals surface area (Å²) >= 11 is 0. The number of rotatable bonds is 3. The Morgan fingerprint density at radius 1 is 1.27 bits per heavy atom. The quantitative estimate of drug-likeness (QED) is 0.489. The molecule has 1 saturated heterocycles. The monoisotopic (exact) mass is 296 g/mol. The molecule has 5 heteroatoms. The summed E-state index contributed by atoms with van der Waals surface area (Å²) in [5, 5.41) is 5.17. The van der Waals surface area contributed by atoms with Gasteiger partial charge in [0.2, 0.25) is 0 Å². The molecule has 22 heavy (non-hydrogen) atoms. The number of nitrogens with zero attached hydrogens (tertiary/aromatic N) is 2. The third-order valence-corrected chi connectivity index (χ3v) is 4.74. The van der Waals surface area contributed by atoms with Crippen molar-refractivity contribution in [1.29, 1.82) is 0 Å². The maximum absolute atomic E-state index is 12.4. The fraction of sp³-hybridized carbons (Fsp3) is 0.353. The van der Waals surface area contributed by atoms with Crippen molar-refractivity contribution in [2.45, 2.75) is 13.3 Å². The summed E-state index contributed by atoms with van der Waals surface area (Å²) in [4.78, 5) is 24.9. The zero-order valence-electron chi connectivity index (χ0n) is 12.2. The molecular weight excluding hydrogens is 280 g/mol. The molecule has 5 nitrogen and oxygen atoms in total. The molecule has 1 aromatic rings. The van der Waals surface area contributed by atoms with Crippen LogP contribution in [0, 0.1) is 23.7 Å². The minimum absolute atomic E-state index is 0.158. The molecule has 2 aliphatic carbocycles. The van der Waals surface area contributed by atoms with Crippen molar-refractivity contribution in [3.8, 4) is 0 Å². The lowest BCUT2D eigenvalue weighted by Gasteiger charge is -2.13. The minimum atomic E-state index is -0.200. The molecule has 2 fully saturated rings. The van der Waals surface area contributed by atoms with Crippen LogP contribution >= 0.6 is 0 Å². The van der Waals surface area contributed by atoms with E-state index in [1.165, 1.54) is 6.21 Å². The normalized spacial score (nSPS) is 33.5. The fourth-order valence-corrected chi connectivity index (χ4v) is 3.78. The fourth-order valence-electron chi connectivity index (χ4n) is 3.78. The number of hydrazone groups is 1. The maximum Gasteiger partial charge on any atom is 0.254 e. The van der Waals surface area contributed by atoms with Crippen LogP contribution in [0.15, 0.2) is 45.6 Å². The van der Waals surface area contributed by atoms with Gasteiger partial charge in [0.25, 0.3) is 11.8 Å². The average molecular weight is 296 g/mol. The number of carbonyl (C=O) groups is 2. The Labute approximate surface area is 128 Å². The molecule has 112 valence electrons. The highest BCUT2D eigenvalue weighted by Gasteiger charge is 2.59. The highest BCUT2D eigenvalue weighted by molar-refractivity contribution is 6.06. The van der Waals surface area contributed by atoms with E-state index in [4.69, 9.17) is 4.42 Å². The molecule has 2 amide bonds. The van der Waals surface area contributed by atoms with Crippen molar-refractivity contribution in [3.05, 3.63) is 41.9 Å². The summed E-state index contributed by atoms with van der Waals surface area (Å²) in [7, 11) is 0. The van der Waals surface area contributed by atoms with Crippen LogP contribution < -0.4 is 0 Å². The molecular formula is C17H16N2O3. The first-order chi connectivity index (χ1) is 10.6. The number of carbonyl (C=O) groups excluding carboxylic acids is 2. The standard InChI is InChI=1S/C17H16N2O3/c1-10(7-13-3-2-6-22-13)9-18-19-16(20)14-11-4-5-12(8-11)15(14)17(19)21/h2-7,9,11-12,14-15H,8H2,1H3. The van der Waals surface area contributed by atoms with Crippen LogP contribution in [0.5, 0.6) is 0 Å². The summed E-state index contributed by atoms with van der Waals surface area (Å²) in [5.41, 5.74) is 0.814. The van der Waals surface area contributed by atoms with Gasteiger partial charge in [0.05, 0.1) is 24.3 Å². The van der Waals surface area contributed by atoms with Gasteiger partial charge in [0, 0.05) is 0 Å². The Morgan fingerprint density at radius 2 is 1.95 bits per heavy atom. The molecule has 0 N–H and O–H groups in total. The molecule has 2 heterocycles. The van der Waals surface area contributed by atoms with Gasteiger partial charge in [-0.05, 0) is 49.0 Å². The van der Waals surface area contributed by atoms with E-state index in [1.54, 1.807) is 18.4 Å². The highest BCUT2D eigenvalue weighted by Crippen LogP contribution is 2.52. The number of furan rings is 1. The van der Waals surface area contributed by atoms with Crippen molar-refractivity contribution in [3.63, 3.8) is 0 Å². The number of amides is 2. The van der Waals surface area contributed by atoms with Crippen molar-refractivity contribution >= 4 is 24.1 Å². The van der Waals surface area contributed by atoms with Gasteiger partial charge in [0.1, 0.15) is 5.76 Å². The zero-order chi connectivity index (χ0) is 15.3. The van der Waals surface area contributed by atoms with Crippen LogP contribution in [0.1, 0.15) is 19.1 Å². The summed E-state index contributed by atoms with van der Waals surface area (Å²) in [6, 6.07) is 3.63. The summed E-state index contributed by atoms with van der Waals surface area (Å²) < 4.78 is 5.22. The van der Waals surface area contributed by atoms with Gasteiger partial charge >= 0.3 is 0 Å². The Bertz CT molecular complexity index is 684. The van der Waals surface area contributed by atoms with Crippen molar-refractivity contribution in [2.75, 3.05) is 0 Å².